The van der Waals surface area contributed by atoms with Crippen molar-refractivity contribution in [3.05, 3.63) is 0 Å². The molecule has 5 atom stereocenters. The van der Waals surface area contributed by atoms with E-state index in [-0.39, 0.29) is 9.04 Å². The van der Waals surface area contributed by atoms with Gasteiger partial charge in [-0.15, -0.1) is 0 Å². The van der Waals surface area contributed by atoms with Crippen molar-refractivity contribution in [3.63, 3.8) is 0 Å². The largest absolute Gasteiger partial charge is 0.331 e. The molecule has 9 heteroatoms. The van der Waals surface area contributed by atoms with Gasteiger partial charge in [0.2, 0.25) is 0 Å². The van der Waals surface area contributed by atoms with Crippen LogP contribution in [-0.2, 0) is 0 Å². The van der Waals surface area contributed by atoms with Crippen molar-refractivity contribution in [2.45, 2.75) is 62.2 Å². The lowest BCUT2D eigenvalue weighted by Crippen LogP contribution is -2.69. The Labute approximate surface area is 172 Å². The molecule has 0 saturated heterocycles. The highest BCUT2D eigenvalue weighted by atomic mass is 29.2. The molecule has 5 unspecified atom stereocenters. The zero-order valence-electron chi connectivity index (χ0n) is 19.4. The fraction of sp³-hybridized carbons (Fsp3) is 1.00. The van der Waals surface area contributed by atoms with E-state index >= 15 is 0 Å². The summed E-state index contributed by atoms with van der Waals surface area (Å²) < 4.78 is 9.28. The normalized spacial score (nSPS) is 20.6. The van der Waals surface area contributed by atoms with Gasteiger partial charge in [-0.3, -0.25) is 0 Å². The number of hydrogen-bond acceptors (Lipinski definition) is 3. The Kier molecular flexibility index (Phi) is 13.2. The van der Waals surface area contributed by atoms with E-state index < -0.39 is 26.4 Å². The van der Waals surface area contributed by atoms with Crippen LogP contribution in [0.4, 0.5) is 0 Å². The van der Waals surface area contributed by atoms with E-state index in [4.69, 9.17) is 0 Å². The summed E-state index contributed by atoms with van der Waals surface area (Å²) in [7, 11) is 10.0. The van der Waals surface area contributed by atoms with E-state index in [1.807, 2.05) is 0 Å². The zero-order valence-corrected chi connectivity index (χ0v) is 28.3. The van der Waals surface area contributed by atoms with Crippen LogP contribution in [0.15, 0.2) is 0 Å². The van der Waals surface area contributed by atoms with Gasteiger partial charge in [-0.05, 0) is 68.6 Å². The summed E-state index contributed by atoms with van der Waals surface area (Å²) in [5.41, 5.74) is 1.66. The summed E-state index contributed by atoms with van der Waals surface area (Å²) in [4.78, 5) is 0. The van der Waals surface area contributed by atoms with Crippen LogP contribution in [0.25, 0.3) is 0 Å². The predicted octanol–water partition coefficient (Wildman–Crippen LogP) is -1.01. The quantitative estimate of drug-likeness (QED) is 0.332. The van der Waals surface area contributed by atoms with Crippen molar-refractivity contribution in [2.75, 3.05) is 41.3 Å². The van der Waals surface area contributed by atoms with E-state index in [2.05, 4.69) is 76.1 Å². The maximum absolute atomic E-state index is 3.01. The van der Waals surface area contributed by atoms with Gasteiger partial charge >= 0.3 is 0 Å². The molecule has 0 aliphatic rings. The molecule has 0 spiro atoms. The van der Waals surface area contributed by atoms with Crippen molar-refractivity contribution in [1.82, 2.24) is 13.7 Å². The third-order valence-electron chi connectivity index (χ3n) is 6.02. The molecule has 25 heavy (non-hydrogen) atoms. The molecule has 0 fully saturated rings. The average Bonchev–Trinajstić information content (AvgIpc) is 2.46. The standard InChI is InChI=1S/C16H49N3Si6/c1-10-12-19(13-11-2)25(18(7)8)16(4,23(9)22-14-20)24(15(3)21)17(5)6/h15,23-25H,10-14,22H2,1-9,20-21H3. The first-order chi connectivity index (χ1) is 11.6. The molecule has 0 aromatic rings. The molecular weight excluding hydrogens is 403 g/mol. The van der Waals surface area contributed by atoms with Crippen molar-refractivity contribution in [1.29, 1.82) is 0 Å². The van der Waals surface area contributed by atoms with Gasteiger partial charge in [0.15, 0.2) is 9.12 Å². The molecule has 0 aromatic carbocycles. The molecule has 152 valence electrons. The highest BCUT2D eigenvalue weighted by molar-refractivity contribution is 7.23. The Bertz CT molecular complexity index is 345. The second kappa shape index (κ2) is 12.6. The van der Waals surface area contributed by atoms with Crippen LogP contribution in [0, 0.1) is 0 Å². The summed E-state index contributed by atoms with van der Waals surface area (Å²) >= 11 is 0. The van der Waals surface area contributed by atoms with Gasteiger partial charge in [0.25, 0.3) is 0 Å². The molecule has 0 heterocycles. The molecule has 0 aliphatic heterocycles. The SMILES string of the molecule is CCCN(CCC)[SiH](N(C)C)C(C)([SiH](C)[SiH2]C[SiH3])[SiH](C(C)[SiH3])N(C)C. The van der Waals surface area contributed by atoms with Gasteiger partial charge in [-0.2, -0.15) is 0 Å². The minimum absolute atomic E-state index is 0.206. The van der Waals surface area contributed by atoms with Crippen molar-refractivity contribution in [3.8, 4) is 0 Å². The maximum Gasteiger partial charge on any atom is 0.190 e. The Hall–Kier alpha value is 1.18. The van der Waals surface area contributed by atoms with Crippen molar-refractivity contribution < 1.29 is 0 Å². The molecule has 0 N–H and O–H groups in total. The zero-order chi connectivity index (χ0) is 19.8. The predicted molar refractivity (Wildman–Crippen MR) is 138 cm³/mol. The summed E-state index contributed by atoms with van der Waals surface area (Å²) in [6.07, 6.45) is 2.62. The van der Waals surface area contributed by atoms with Crippen LogP contribution in [0.1, 0.15) is 40.5 Å². The van der Waals surface area contributed by atoms with Crippen molar-refractivity contribution in [2.24, 2.45) is 0 Å². The van der Waals surface area contributed by atoms with E-state index in [0.29, 0.717) is 0 Å². The monoisotopic (exact) mass is 451 g/mol. The van der Waals surface area contributed by atoms with Crippen LogP contribution >= 0.6 is 0 Å². The Morgan fingerprint density at radius 3 is 1.80 bits per heavy atom. The maximum atomic E-state index is 3.01. The first kappa shape index (κ1) is 26.2. The minimum atomic E-state index is -1.13. The molecule has 3 nitrogen and oxygen atoms in total. The Morgan fingerprint density at radius 2 is 1.52 bits per heavy atom. The van der Waals surface area contributed by atoms with Gasteiger partial charge in [0.05, 0.1) is 0 Å². The molecule has 0 rings (SSSR count). The summed E-state index contributed by atoms with van der Waals surface area (Å²) in [5, 5.41) is 1.01. The van der Waals surface area contributed by atoms with Crippen LogP contribution < -0.4 is 0 Å². The topological polar surface area (TPSA) is 9.72 Å². The first-order valence-corrected chi connectivity index (χ1v) is 22.6. The molecule has 0 radical (unpaired) electrons. The lowest BCUT2D eigenvalue weighted by Gasteiger charge is -2.54. The van der Waals surface area contributed by atoms with Gasteiger partial charge < -0.3 is 13.7 Å². The number of rotatable bonds is 13. The second-order valence-electron chi connectivity index (χ2n) is 9.08. The molecule has 0 aliphatic carbocycles. The van der Waals surface area contributed by atoms with Crippen LogP contribution in [0.3, 0.4) is 0 Å². The van der Waals surface area contributed by atoms with Crippen molar-refractivity contribution >= 4 is 55.9 Å². The Morgan fingerprint density at radius 1 is 1.04 bits per heavy atom. The lowest BCUT2D eigenvalue weighted by molar-refractivity contribution is 0.378. The summed E-state index contributed by atoms with van der Waals surface area (Å²) in [5.74, 6) is 0. The molecule has 0 bridgehead atoms. The fourth-order valence-corrected chi connectivity index (χ4v) is 52.6. The van der Waals surface area contributed by atoms with Gasteiger partial charge in [-0.25, -0.2) is 0 Å². The summed E-state index contributed by atoms with van der Waals surface area (Å²) in [6.45, 7) is 15.6. The molecular formula is C16H49N3Si6. The third-order valence-corrected chi connectivity index (χ3v) is 40.7. The van der Waals surface area contributed by atoms with E-state index in [0.717, 1.165) is 9.45 Å². The van der Waals surface area contributed by atoms with Gasteiger partial charge in [0.1, 0.15) is 8.96 Å². The minimum Gasteiger partial charge on any atom is -0.331 e. The third kappa shape index (κ3) is 6.93. The number of nitrogens with zero attached hydrogens (tertiary/aromatic N) is 3. The fourth-order valence-electron chi connectivity index (χ4n) is 5.52. The highest BCUT2D eigenvalue weighted by Crippen LogP contribution is 2.42. The van der Waals surface area contributed by atoms with E-state index in [1.54, 1.807) is 5.67 Å². The van der Waals surface area contributed by atoms with E-state index in [9.17, 15) is 0 Å². The van der Waals surface area contributed by atoms with Gasteiger partial charge in [-0.1, -0.05) is 45.1 Å². The van der Waals surface area contributed by atoms with Crippen LogP contribution in [-0.4, -0.2) is 111 Å². The smallest absolute Gasteiger partial charge is 0.190 e. The lowest BCUT2D eigenvalue weighted by atomic mass is 10.4. The summed E-state index contributed by atoms with van der Waals surface area (Å²) in [6, 6.07) is 0. The van der Waals surface area contributed by atoms with Gasteiger partial charge in [0, 0.05) is 27.6 Å². The second-order valence-corrected chi connectivity index (χ2v) is 35.5. The highest BCUT2D eigenvalue weighted by Gasteiger charge is 2.52. The number of hydrogen-bond donors (Lipinski definition) is 0. The van der Waals surface area contributed by atoms with E-state index in [1.165, 1.54) is 46.4 Å². The molecule has 0 aromatic heterocycles. The van der Waals surface area contributed by atoms with Crippen LogP contribution in [0.2, 0.25) is 21.7 Å². The molecule has 0 saturated carbocycles. The average molecular weight is 452 g/mol. The molecule has 0 amide bonds. The first-order valence-electron chi connectivity index (χ1n) is 10.7. The van der Waals surface area contributed by atoms with Crippen LogP contribution in [0.5, 0.6) is 0 Å². The Balaban J connectivity index is 6.25.